The number of alkyl halides is 3. The van der Waals surface area contributed by atoms with Gasteiger partial charge < -0.3 is 5.11 Å². The molecule has 0 atom stereocenters. The number of hydrogen-bond donors (Lipinski definition) is 2. The van der Waals surface area contributed by atoms with Gasteiger partial charge in [-0.2, -0.15) is 18.3 Å². The second-order valence-corrected chi connectivity index (χ2v) is 5.41. The fraction of sp³-hybridized carbons (Fsp3) is 0.0714. The van der Waals surface area contributed by atoms with Gasteiger partial charge >= 0.3 is 11.9 Å². The lowest BCUT2D eigenvalue weighted by molar-refractivity contribution is -0.385. The van der Waals surface area contributed by atoms with Gasteiger partial charge in [-0.1, -0.05) is 11.6 Å². The van der Waals surface area contributed by atoms with Gasteiger partial charge in [0.25, 0.3) is 5.69 Å². The Morgan fingerprint density at radius 3 is 2.30 bits per heavy atom. The summed E-state index contributed by atoms with van der Waals surface area (Å²) in [5.74, 6) is -0.753. The minimum Gasteiger partial charge on any atom is -0.502 e. The fourth-order valence-corrected chi connectivity index (χ4v) is 2.19. The van der Waals surface area contributed by atoms with E-state index < -0.39 is 38.7 Å². The molecule has 2 aromatic carbocycles. The molecule has 2 aromatic rings. The van der Waals surface area contributed by atoms with E-state index in [1.807, 2.05) is 0 Å². The standard InChI is InChI=1S/C14H8ClF3N4O5/c15-9-3-7(13(23)12(5-9)22(26)27)6-19-20-10-2-1-8(14(16,17)18)4-11(10)21(24)25/h1-6,20,23H. The lowest BCUT2D eigenvalue weighted by atomic mass is 10.1. The molecule has 0 spiro atoms. The highest BCUT2D eigenvalue weighted by Gasteiger charge is 2.33. The summed E-state index contributed by atoms with van der Waals surface area (Å²) in [6.45, 7) is 0. The molecule has 0 bridgehead atoms. The number of nitro groups is 2. The molecule has 27 heavy (non-hydrogen) atoms. The van der Waals surface area contributed by atoms with E-state index in [4.69, 9.17) is 11.6 Å². The van der Waals surface area contributed by atoms with Gasteiger partial charge in [-0.05, 0) is 18.2 Å². The number of phenolic OH excluding ortho intramolecular Hbond substituents is 1. The topological polar surface area (TPSA) is 131 Å². The molecule has 0 unspecified atom stereocenters. The number of rotatable bonds is 5. The van der Waals surface area contributed by atoms with E-state index in [0.29, 0.717) is 12.1 Å². The minimum atomic E-state index is -4.77. The van der Waals surface area contributed by atoms with E-state index in [2.05, 4.69) is 10.5 Å². The molecule has 142 valence electrons. The van der Waals surface area contributed by atoms with Gasteiger partial charge in [-0.15, -0.1) is 0 Å². The summed E-state index contributed by atoms with van der Waals surface area (Å²) in [6, 6.07) is 3.79. The van der Waals surface area contributed by atoms with E-state index in [1.165, 1.54) is 0 Å². The summed E-state index contributed by atoms with van der Waals surface area (Å²) in [6.07, 6.45) is -3.90. The Morgan fingerprint density at radius 2 is 1.74 bits per heavy atom. The second kappa shape index (κ2) is 7.45. The summed E-state index contributed by atoms with van der Waals surface area (Å²) in [7, 11) is 0. The zero-order valence-electron chi connectivity index (χ0n) is 12.9. The van der Waals surface area contributed by atoms with Crippen LogP contribution in [-0.4, -0.2) is 21.2 Å². The lowest BCUT2D eigenvalue weighted by Gasteiger charge is -2.08. The first kappa shape index (κ1) is 19.9. The molecule has 0 aliphatic rings. The smallest absolute Gasteiger partial charge is 0.416 e. The van der Waals surface area contributed by atoms with Crippen molar-refractivity contribution >= 4 is 34.9 Å². The largest absolute Gasteiger partial charge is 0.502 e. The monoisotopic (exact) mass is 404 g/mol. The van der Waals surface area contributed by atoms with E-state index in [1.54, 1.807) is 0 Å². The number of nitrogens with zero attached hydrogens (tertiary/aromatic N) is 3. The maximum Gasteiger partial charge on any atom is 0.416 e. The first-order valence-electron chi connectivity index (χ1n) is 6.82. The van der Waals surface area contributed by atoms with Crippen LogP contribution >= 0.6 is 11.6 Å². The maximum absolute atomic E-state index is 12.7. The number of anilines is 1. The minimum absolute atomic E-state index is 0.0820. The number of hydrogen-bond acceptors (Lipinski definition) is 7. The predicted molar refractivity (Wildman–Crippen MR) is 89.1 cm³/mol. The van der Waals surface area contributed by atoms with E-state index in [0.717, 1.165) is 24.4 Å². The predicted octanol–water partition coefficient (Wildman–Crippen LogP) is 4.33. The third-order valence-electron chi connectivity index (χ3n) is 3.19. The average molecular weight is 405 g/mol. The van der Waals surface area contributed by atoms with Gasteiger partial charge in [0.05, 0.1) is 21.6 Å². The van der Waals surface area contributed by atoms with Crippen LogP contribution in [0.5, 0.6) is 5.75 Å². The normalized spacial score (nSPS) is 11.6. The first-order valence-corrected chi connectivity index (χ1v) is 7.20. The molecule has 0 saturated heterocycles. The number of nitro benzene ring substituents is 2. The molecule has 0 radical (unpaired) electrons. The molecule has 0 aliphatic carbocycles. The van der Waals surface area contributed by atoms with E-state index >= 15 is 0 Å². The molecular weight excluding hydrogens is 397 g/mol. The third-order valence-corrected chi connectivity index (χ3v) is 3.41. The summed E-state index contributed by atoms with van der Waals surface area (Å²) in [4.78, 5) is 19.9. The Hall–Kier alpha value is -3.41. The number of nitrogens with one attached hydrogen (secondary N) is 1. The Kier molecular flexibility index (Phi) is 5.49. The summed E-state index contributed by atoms with van der Waals surface area (Å²) >= 11 is 5.70. The molecule has 2 rings (SSSR count). The van der Waals surface area contributed by atoms with Crippen LogP contribution in [0.3, 0.4) is 0 Å². The molecule has 0 aliphatic heterocycles. The molecule has 13 heteroatoms. The average Bonchev–Trinajstić information content (AvgIpc) is 2.56. The molecular formula is C14H8ClF3N4O5. The number of hydrazone groups is 1. The van der Waals surface area contributed by atoms with Crippen molar-refractivity contribution in [2.75, 3.05) is 5.43 Å². The molecule has 2 N–H and O–H groups in total. The van der Waals surface area contributed by atoms with Crippen molar-refractivity contribution in [1.29, 1.82) is 0 Å². The van der Waals surface area contributed by atoms with Crippen LogP contribution in [0.4, 0.5) is 30.2 Å². The lowest BCUT2D eigenvalue weighted by Crippen LogP contribution is -2.06. The quantitative estimate of drug-likeness (QED) is 0.433. The van der Waals surface area contributed by atoms with Crippen molar-refractivity contribution in [3.05, 3.63) is 66.7 Å². The summed E-state index contributed by atoms with van der Waals surface area (Å²) in [5, 5.41) is 35.0. The van der Waals surface area contributed by atoms with Crippen molar-refractivity contribution in [2.45, 2.75) is 6.18 Å². The van der Waals surface area contributed by atoms with Gasteiger partial charge in [0.2, 0.25) is 5.75 Å². The van der Waals surface area contributed by atoms with Gasteiger partial charge in [0, 0.05) is 22.7 Å². The first-order chi connectivity index (χ1) is 12.5. The SMILES string of the molecule is O=[N+]([O-])c1cc(C(F)(F)F)ccc1NN=Cc1cc(Cl)cc([N+](=O)[O-])c1O. The van der Waals surface area contributed by atoms with Gasteiger partial charge in [-0.25, -0.2) is 0 Å². The van der Waals surface area contributed by atoms with E-state index in [9.17, 15) is 38.5 Å². The van der Waals surface area contributed by atoms with Gasteiger partial charge in [0.1, 0.15) is 5.69 Å². The summed E-state index contributed by atoms with van der Waals surface area (Å²) < 4.78 is 38.0. The molecule has 0 amide bonds. The van der Waals surface area contributed by atoms with Crippen LogP contribution in [0.25, 0.3) is 0 Å². The molecule has 9 nitrogen and oxygen atoms in total. The maximum atomic E-state index is 12.7. The van der Waals surface area contributed by atoms with Crippen LogP contribution < -0.4 is 5.43 Å². The number of phenols is 1. The van der Waals surface area contributed by atoms with Crippen LogP contribution in [0.1, 0.15) is 11.1 Å². The van der Waals surface area contributed by atoms with Crippen molar-refractivity contribution in [3.8, 4) is 5.75 Å². The zero-order valence-corrected chi connectivity index (χ0v) is 13.7. The van der Waals surface area contributed by atoms with Crippen molar-refractivity contribution < 1.29 is 28.1 Å². The summed E-state index contributed by atoms with van der Waals surface area (Å²) in [5.41, 5.74) is -1.18. The number of aromatic hydroxyl groups is 1. The Balaban J connectivity index is 2.34. The number of benzene rings is 2. The highest BCUT2D eigenvalue weighted by atomic mass is 35.5. The highest BCUT2D eigenvalue weighted by Crippen LogP contribution is 2.35. The zero-order chi connectivity index (χ0) is 20.4. The van der Waals surface area contributed by atoms with E-state index in [-0.39, 0.29) is 16.3 Å². The molecule has 0 fully saturated rings. The highest BCUT2D eigenvalue weighted by molar-refractivity contribution is 6.31. The number of halogens is 4. The van der Waals surface area contributed by atoms with Crippen LogP contribution in [0, 0.1) is 20.2 Å². The molecule has 0 saturated carbocycles. The Morgan fingerprint density at radius 1 is 1.11 bits per heavy atom. The third kappa shape index (κ3) is 4.61. The Labute approximate surface area is 153 Å². The fourth-order valence-electron chi connectivity index (χ4n) is 1.97. The van der Waals surface area contributed by atoms with Crippen molar-refractivity contribution in [1.82, 2.24) is 0 Å². The Bertz CT molecular complexity index is 949. The molecule has 0 heterocycles. The second-order valence-electron chi connectivity index (χ2n) is 4.98. The van der Waals surface area contributed by atoms with Gasteiger partial charge in [0.15, 0.2) is 0 Å². The van der Waals surface area contributed by atoms with Crippen LogP contribution in [0.2, 0.25) is 5.02 Å². The molecule has 0 aromatic heterocycles. The van der Waals surface area contributed by atoms with Gasteiger partial charge in [-0.3, -0.25) is 25.7 Å². The van der Waals surface area contributed by atoms with Crippen LogP contribution in [-0.2, 0) is 6.18 Å². The van der Waals surface area contributed by atoms with Crippen molar-refractivity contribution in [2.24, 2.45) is 5.10 Å². The van der Waals surface area contributed by atoms with Crippen molar-refractivity contribution in [3.63, 3.8) is 0 Å². The van der Waals surface area contributed by atoms with Crippen LogP contribution in [0.15, 0.2) is 35.4 Å².